The molecule has 9 heteroatoms. The van der Waals surface area contributed by atoms with E-state index in [9.17, 15) is 24.0 Å². The highest BCUT2D eigenvalue weighted by molar-refractivity contribution is 5.92. The van der Waals surface area contributed by atoms with E-state index in [-0.39, 0.29) is 30.6 Å². The Kier molecular flexibility index (Phi) is 12.8. The Morgan fingerprint density at radius 1 is 0.844 bits per heavy atom. The van der Waals surface area contributed by atoms with Crippen molar-refractivity contribution in [2.45, 2.75) is 105 Å². The first-order valence-corrected chi connectivity index (χ1v) is 11.2. The summed E-state index contributed by atoms with van der Waals surface area (Å²) >= 11 is 0. The van der Waals surface area contributed by atoms with Crippen LogP contribution in [-0.2, 0) is 28.7 Å². The van der Waals surface area contributed by atoms with Crippen LogP contribution in [0.4, 0.5) is 0 Å². The van der Waals surface area contributed by atoms with Gasteiger partial charge < -0.3 is 25.5 Å². The van der Waals surface area contributed by atoms with Crippen LogP contribution in [0.15, 0.2) is 0 Å². The normalized spacial score (nSPS) is 14.3. The predicted molar refractivity (Wildman–Crippen MR) is 122 cm³/mol. The molecule has 9 nitrogen and oxygen atoms in total. The van der Waals surface area contributed by atoms with E-state index in [0.717, 1.165) is 0 Å². The third-order valence-corrected chi connectivity index (χ3v) is 4.31. The molecule has 0 aliphatic carbocycles. The molecule has 0 spiro atoms. The number of hydrogen-bond donors (Lipinski definition) is 3. The number of ether oxygens (including phenoxy) is 1. The number of esters is 1. The molecule has 0 heterocycles. The summed E-state index contributed by atoms with van der Waals surface area (Å²) in [7, 11) is 0. The van der Waals surface area contributed by atoms with Crippen LogP contribution in [0.5, 0.6) is 0 Å². The fourth-order valence-electron chi connectivity index (χ4n) is 3.05. The molecule has 0 aromatic carbocycles. The number of carbonyl (C=O) groups is 5. The lowest BCUT2D eigenvalue weighted by molar-refractivity contribution is -0.155. The lowest BCUT2D eigenvalue weighted by Gasteiger charge is -2.26. The minimum absolute atomic E-state index is 0.0266. The third kappa shape index (κ3) is 13.8. The zero-order valence-corrected chi connectivity index (χ0v) is 20.7. The second-order valence-corrected chi connectivity index (χ2v) is 9.95. The first-order valence-electron chi connectivity index (χ1n) is 11.2. The fourth-order valence-corrected chi connectivity index (χ4v) is 3.05. The van der Waals surface area contributed by atoms with Crippen LogP contribution >= 0.6 is 0 Å². The monoisotopic (exact) mass is 455 g/mol. The highest BCUT2D eigenvalue weighted by Gasteiger charge is 2.28. The van der Waals surface area contributed by atoms with Crippen molar-refractivity contribution < 1.29 is 28.7 Å². The minimum Gasteiger partial charge on any atom is -0.460 e. The van der Waals surface area contributed by atoms with Gasteiger partial charge in [-0.2, -0.15) is 0 Å². The molecular formula is C23H41N3O6. The predicted octanol–water partition coefficient (Wildman–Crippen LogP) is 1.87. The standard InChI is InChI=1S/C23H41N3O6/c1-14(2)11-18(24-16(5)28)22(31)26-19(12-15(3)4)21(30)25-17(13-27)9-10-20(29)32-23(6,7)8/h13-15,17-19H,9-12H2,1-8H3,(H,24,28)(H,25,30)(H,26,31)/t17-,18+,19-/m1/s1. The average Bonchev–Trinajstić information content (AvgIpc) is 2.61. The van der Waals surface area contributed by atoms with Crippen molar-refractivity contribution >= 4 is 30.0 Å². The summed E-state index contributed by atoms with van der Waals surface area (Å²) in [5.74, 6) is -1.52. The Balaban J connectivity index is 5.17. The Morgan fingerprint density at radius 2 is 1.31 bits per heavy atom. The van der Waals surface area contributed by atoms with Crippen LogP contribution in [0.25, 0.3) is 0 Å². The molecule has 0 saturated carbocycles. The van der Waals surface area contributed by atoms with Crippen LogP contribution in [0, 0.1) is 11.8 Å². The van der Waals surface area contributed by atoms with Gasteiger partial charge in [0.1, 0.15) is 24.0 Å². The van der Waals surface area contributed by atoms with Crippen LogP contribution in [0.1, 0.15) is 81.1 Å². The Bertz CT molecular complexity index is 655. The molecule has 0 aliphatic heterocycles. The maximum atomic E-state index is 12.8. The zero-order valence-electron chi connectivity index (χ0n) is 20.7. The lowest BCUT2D eigenvalue weighted by Crippen LogP contribution is -2.55. The number of hydrogen-bond acceptors (Lipinski definition) is 6. The Morgan fingerprint density at radius 3 is 1.72 bits per heavy atom. The van der Waals surface area contributed by atoms with E-state index in [1.807, 2.05) is 27.7 Å². The molecule has 184 valence electrons. The van der Waals surface area contributed by atoms with Gasteiger partial charge in [0.2, 0.25) is 17.7 Å². The first-order chi connectivity index (χ1) is 14.6. The van der Waals surface area contributed by atoms with E-state index in [0.29, 0.717) is 19.1 Å². The third-order valence-electron chi connectivity index (χ3n) is 4.31. The molecule has 0 radical (unpaired) electrons. The summed E-state index contributed by atoms with van der Waals surface area (Å²) in [6.07, 6.45) is 1.41. The number of rotatable bonds is 13. The van der Waals surface area contributed by atoms with Gasteiger partial charge in [0, 0.05) is 13.3 Å². The number of amides is 3. The van der Waals surface area contributed by atoms with Gasteiger partial charge in [-0.05, 0) is 51.9 Å². The van der Waals surface area contributed by atoms with Crippen molar-refractivity contribution in [1.29, 1.82) is 0 Å². The van der Waals surface area contributed by atoms with Gasteiger partial charge in [-0.25, -0.2) is 0 Å². The van der Waals surface area contributed by atoms with E-state index in [4.69, 9.17) is 4.74 Å². The quantitative estimate of drug-likeness (QED) is 0.287. The molecule has 0 aromatic rings. The zero-order chi connectivity index (χ0) is 25.1. The second-order valence-electron chi connectivity index (χ2n) is 9.95. The van der Waals surface area contributed by atoms with Crippen molar-refractivity contribution in [2.75, 3.05) is 0 Å². The topological polar surface area (TPSA) is 131 Å². The number of carbonyl (C=O) groups excluding carboxylic acids is 5. The van der Waals surface area contributed by atoms with E-state index in [1.165, 1.54) is 6.92 Å². The highest BCUT2D eigenvalue weighted by Crippen LogP contribution is 2.11. The summed E-state index contributed by atoms with van der Waals surface area (Å²) < 4.78 is 5.22. The summed E-state index contributed by atoms with van der Waals surface area (Å²) in [6, 6.07) is -2.53. The van der Waals surface area contributed by atoms with E-state index in [2.05, 4.69) is 16.0 Å². The van der Waals surface area contributed by atoms with Gasteiger partial charge in [-0.3, -0.25) is 19.2 Å². The molecule has 3 N–H and O–H groups in total. The molecule has 3 atom stereocenters. The maximum absolute atomic E-state index is 12.8. The molecule has 32 heavy (non-hydrogen) atoms. The molecule has 0 saturated heterocycles. The van der Waals surface area contributed by atoms with E-state index >= 15 is 0 Å². The van der Waals surface area contributed by atoms with Crippen LogP contribution in [0.2, 0.25) is 0 Å². The molecule has 3 amide bonds. The fraction of sp³-hybridized carbons (Fsp3) is 0.783. The Hall–Kier alpha value is -2.45. The van der Waals surface area contributed by atoms with Crippen molar-refractivity contribution in [2.24, 2.45) is 11.8 Å². The molecule has 0 bridgehead atoms. The van der Waals surface area contributed by atoms with Gasteiger partial charge in [0.05, 0.1) is 6.04 Å². The SMILES string of the molecule is CC(=O)N[C@@H](CC(C)C)C(=O)N[C@H](CC(C)C)C(=O)N[C@@H](C=O)CCC(=O)OC(C)(C)C. The largest absolute Gasteiger partial charge is 0.460 e. The summed E-state index contributed by atoms with van der Waals surface area (Å²) in [5, 5.41) is 7.93. The smallest absolute Gasteiger partial charge is 0.306 e. The van der Waals surface area contributed by atoms with Crippen LogP contribution in [0.3, 0.4) is 0 Å². The average molecular weight is 456 g/mol. The molecule has 0 aromatic heterocycles. The van der Waals surface area contributed by atoms with Crippen molar-refractivity contribution in [3.05, 3.63) is 0 Å². The summed E-state index contributed by atoms with van der Waals surface area (Å²) in [4.78, 5) is 60.5. The highest BCUT2D eigenvalue weighted by atomic mass is 16.6. The molecule has 0 unspecified atom stereocenters. The molecule has 0 fully saturated rings. The summed E-state index contributed by atoms with van der Waals surface area (Å²) in [6.45, 7) is 14.2. The van der Waals surface area contributed by atoms with Crippen LogP contribution < -0.4 is 16.0 Å². The van der Waals surface area contributed by atoms with Crippen molar-refractivity contribution in [1.82, 2.24) is 16.0 Å². The Labute approximate surface area is 191 Å². The van der Waals surface area contributed by atoms with Gasteiger partial charge in [0.15, 0.2) is 0 Å². The number of nitrogens with one attached hydrogen (secondary N) is 3. The van der Waals surface area contributed by atoms with Gasteiger partial charge in [-0.15, -0.1) is 0 Å². The van der Waals surface area contributed by atoms with E-state index in [1.54, 1.807) is 20.8 Å². The number of aldehydes is 1. The van der Waals surface area contributed by atoms with Crippen molar-refractivity contribution in [3.8, 4) is 0 Å². The lowest BCUT2D eigenvalue weighted by atomic mass is 9.99. The van der Waals surface area contributed by atoms with Gasteiger partial charge in [-0.1, -0.05) is 27.7 Å². The molecule has 0 rings (SSSR count). The van der Waals surface area contributed by atoms with Gasteiger partial charge in [0.25, 0.3) is 0 Å². The first kappa shape index (κ1) is 29.5. The maximum Gasteiger partial charge on any atom is 0.306 e. The van der Waals surface area contributed by atoms with E-state index < -0.39 is 41.5 Å². The van der Waals surface area contributed by atoms with Crippen LogP contribution in [-0.4, -0.2) is 53.7 Å². The molecule has 0 aliphatic rings. The van der Waals surface area contributed by atoms with Crippen molar-refractivity contribution in [3.63, 3.8) is 0 Å². The summed E-state index contributed by atoms with van der Waals surface area (Å²) in [5.41, 5.74) is -0.635. The molecular weight excluding hydrogens is 414 g/mol. The van der Waals surface area contributed by atoms with Gasteiger partial charge >= 0.3 is 5.97 Å². The minimum atomic E-state index is -0.886. The second kappa shape index (κ2) is 13.9.